The summed E-state index contributed by atoms with van der Waals surface area (Å²) >= 11 is 1.41. The van der Waals surface area contributed by atoms with E-state index in [1.807, 2.05) is 17.5 Å². The SMILES string of the molecule is CC(=O)NC(CC(=O)OCN1C(=O)c2ccccc2C1=O)c1cccs1. The molecule has 1 aliphatic rings. The summed E-state index contributed by atoms with van der Waals surface area (Å²) in [5.41, 5.74) is 0.589. The Hall–Kier alpha value is -3.00. The Morgan fingerprint density at radius 3 is 2.31 bits per heavy atom. The number of hydrogen-bond acceptors (Lipinski definition) is 6. The van der Waals surface area contributed by atoms with Gasteiger partial charge in [0.1, 0.15) is 0 Å². The summed E-state index contributed by atoms with van der Waals surface area (Å²) in [6.07, 6.45) is -0.0940. The van der Waals surface area contributed by atoms with Crippen LogP contribution in [0.25, 0.3) is 0 Å². The van der Waals surface area contributed by atoms with Crippen LogP contribution in [-0.2, 0) is 14.3 Å². The van der Waals surface area contributed by atoms with E-state index < -0.39 is 30.6 Å². The monoisotopic (exact) mass is 372 g/mol. The number of thiophene rings is 1. The van der Waals surface area contributed by atoms with Crippen molar-refractivity contribution in [1.82, 2.24) is 10.2 Å². The van der Waals surface area contributed by atoms with E-state index >= 15 is 0 Å². The third kappa shape index (κ3) is 3.65. The van der Waals surface area contributed by atoms with Crippen LogP contribution in [0.4, 0.5) is 0 Å². The third-order valence-electron chi connectivity index (χ3n) is 3.87. The molecular formula is C18H16N2O5S. The lowest BCUT2D eigenvalue weighted by Crippen LogP contribution is -2.34. The molecule has 2 aromatic rings. The topological polar surface area (TPSA) is 92.8 Å². The van der Waals surface area contributed by atoms with Crippen molar-refractivity contribution in [1.29, 1.82) is 0 Å². The van der Waals surface area contributed by atoms with Gasteiger partial charge in [0.25, 0.3) is 11.8 Å². The van der Waals surface area contributed by atoms with Crippen molar-refractivity contribution in [3.8, 4) is 0 Å². The van der Waals surface area contributed by atoms with Crippen molar-refractivity contribution in [2.45, 2.75) is 19.4 Å². The van der Waals surface area contributed by atoms with Crippen LogP contribution in [0.3, 0.4) is 0 Å². The Kier molecular flexibility index (Phi) is 5.13. The number of hydrogen-bond donors (Lipinski definition) is 1. The van der Waals surface area contributed by atoms with Gasteiger partial charge in [-0.15, -0.1) is 11.3 Å². The van der Waals surface area contributed by atoms with E-state index in [4.69, 9.17) is 4.74 Å². The number of benzene rings is 1. The molecule has 26 heavy (non-hydrogen) atoms. The first kappa shape index (κ1) is 17.8. The van der Waals surface area contributed by atoms with E-state index in [1.165, 1.54) is 18.3 Å². The summed E-state index contributed by atoms with van der Waals surface area (Å²) in [5, 5.41) is 4.54. The van der Waals surface area contributed by atoms with Crippen molar-refractivity contribution in [2.24, 2.45) is 0 Å². The fourth-order valence-corrected chi connectivity index (χ4v) is 3.45. The van der Waals surface area contributed by atoms with E-state index in [-0.39, 0.29) is 12.3 Å². The highest BCUT2D eigenvalue weighted by atomic mass is 32.1. The molecule has 0 saturated heterocycles. The van der Waals surface area contributed by atoms with Crippen LogP contribution in [0.1, 0.15) is 45.0 Å². The number of ether oxygens (including phenoxy) is 1. The Bertz CT molecular complexity index is 827. The molecular weight excluding hydrogens is 356 g/mol. The van der Waals surface area contributed by atoms with Gasteiger partial charge in [-0.1, -0.05) is 18.2 Å². The lowest BCUT2D eigenvalue weighted by Gasteiger charge is -2.18. The molecule has 1 aromatic heterocycles. The first-order valence-electron chi connectivity index (χ1n) is 7.88. The van der Waals surface area contributed by atoms with E-state index in [1.54, 1.807) is 24.3 Å². The number of rotatable bonds is 6. The highest BCUT2D eigenvalue weighted by Crippen LogP contribution is 2.24. The van der Waals surface area contributed by atoms with Crippen molar-refractivity contribution in [2.75, 3.05) is 6.73 Å². The minimum Gasteiger partial charge on any atom is -0.444 e. The molecule has 134 valence electrons. The average Bonchev–Trinajstić information content (AvgIpc) is 3.22. The van der Waals surface area contributed by atoms with Crippen LogP contribution in [0.5, 0.6) is 0 Å². The van der Waals surface area contributed by atoms with Gasteiger partial charge in [-0.25, -0.2) is 4.90 Å². The maximum atomic E-state index is 12.2. The Balaban J connectivity index is 1.61. The molecule has 1 aromatic carbocycles. The highest BCUT2D eigenvalue weighted by Gasteiger charge is 2.35. The fourth-order valence-electron chi connectivity index (χ4n) is 2.68. The minimum absolute atomic E-state index is 0.0940. The predicted octanol–water partition coefficient (Wildman–Crippen LogP) is 2.11. The summed E-state index contributed by atoms with van der Waals surface area (Å²) in [7, 11) is 0. The van der Waals surface area contributed by atoms with Gasteiger partial charge in [-0.3, -0.25) is 19.2 Å². The van der Waals surface area contributed by atoms with Gasteiger partial charge in [-0.2, -0.15) is 0 Å². The molecule has 7 nitrogen and oxygen atoms in total. The average molecular weight is 372 g/mol. The summed E-state index contributed by atoms with van der Waals surface area (Å²) < 4.78 is 5.11. The molecule has 1 aliphatic heterocycles. The van der Waals surface area contributed by atoms with Gasteiger partial charge in [0, 0.05) is 11.8 Å². The molecule has 0 aliphatic carbocycles. The predicted molar refractivity (Wildman–Crippen MR) is 93.4 cm³/mol. The van der Waals surface area contributed by atoms with E-state index in [0.717, 1.165) is 9.78 Å². The van der Waals surface area contributed by atoms with Crippen molar-refractivity contribution in [3.05, 3.63) is 57.8 Å². The van der Waals surface area contributed by atoms with Gasteiger partial charge in [0.2, 0.25) is 5.91 Å². The van der Waals surface area contributed by atoms with Crippen LogP contribution < -0.4 is 5.32 Å². The molecule has 0 saturated carbocycles. The molecule has 0 radical (unpaired) electrons. The zero-order chi connectivity index (χ0) is 18.7. The molecule has 0 spiro atoms. The summed E-state index contributed by atoms with van der Waals surface area (Å²) in [5.74, 6) is -1.87. The molecule has 1 atom stereocenters. The van der Waals surface area contributed by atoms with Gasteiger partial charge < -0.3 is 10.1 Å². The first-order chi connectivity index (χ1) is 12.5. The standard InChI is InChI=1S/C18H16N2O5S/c1-11(21)19-14(15-7-4-8-26-15)9-16(22)25-10-20-17(23)12-5-2-3-6-13(12)18(20)24/h2-8,14H,9-10H2,1H3,(H,19,21). The summed E-state index contributed by atoms with van der Waals surface area (Å²) in [6, 6.07) is 9.56. The van der Waals surface area contributed by atoms with E-state index in [9.17, 15) is 19.2 Å². The zero-order valence-corrected chi connectivity index (χ0v) is 14.7. The Morgan fingerprint density at radius 1 is 1.12 bits per heavy atom. The number of carbonyl (C=O) groups excluding carboxylic acids is 4. The molecule has 3 amide bonds. The molecule has 1 N–H and O–H groups in total. The molecule has 1 unspecified atom stereocenters. The van der Waals surface area contributed by atoms with Gasteiger partial charge >= 0.3 is 5.97 Å². The van der Waals surface area contributed by atoms with Crippen LogP contribution in [0.2, 0.25) is 0 Å². The van der Waals surface area contributed by atoms with Gasteiger partial charge in [-0.05, 0) is 23.6 Å². The second-order valence-electron chi connectivity index (χ2n) is 5.70. The van der Waals surface area contributed by atoms with Gasteiger partial charge in [0.05, 0.1) is 23.6 Å². The van der Waals surface area contributed by atoms with E-state index in [0.29, 0.717) is 11.1 Å². The number of amides is 3. The largest absolute Gasteiger partial charge is 0.444 e. The summed E-state index contributed by atoms with van der Waals surface area (Å²) in [4.78, 5) is 49.7. The minimum atomic E-state index is -0.617. The zero-order valence-electron chi connectivity index (χ0n) is 13.9. The first-order valence-corrected chi connectivity index (χ1v) is 8.76. The third-order valence-corrected chi connectivity index (χ3v) is 4.85. The second kappa shape index (κ2) is 7.49. The van der Waals surface area contributed by atoms with Crippen LogP contribution in [0.15, 0.2) is 41.8 Å². The number of nitrogens with zero attached hydrogens (tertiary/aromatic N) is 1. The molecule has 3 rings (SSSR count). The molecule has 2 heterocycles. The smallest absolute Gasteiger partial charge is 0.310 e. The lowest BCUT2D eigenvalue weighted by molar-refractivity contribution is -0.147. The maximum absolute atomic E-state index is 12.2. The second-order valence-corrected chi connectivity index (χ2v) is 6.68. The van der Waals surface area contributed by atoms with E-state index in [2.05, 4.69) is 5.32 Å². The molecule has 8 heteroatoms. The number of fused-ring (bicyclic) bond motifs is 1. The number of carbonyl (C=O) groups is 4. The summed E-state index contributed by atoms with van der Waals surface area (Å²) in [6.45, 7) is 0.910. The van der Waals surface area contributed by atoms with Crippen LogP contribution >= 0.6 is 11.3 Å². The fraction of sp³-hybridized carbons (Fsp3) is 0.222. The van der Waals surface area contributed by atoms with Crippen molar-refractivity contribution in [3.63, 3.8) is 0 Å². The quantitative estimate of drug-likeness (QED) is 0.619. The lowest BCUT2D eigenvalue weighted by atomic mass is 10.1. The van der Waals surface area contributed by atoms with Crippen molar-refractivity contribution < 1.29 is 23.9 Å². The number of esters is 1. The van der Waals surface area contributed by atoms with Crippen LogP contribution in [0, 0.1) is 0 Å². The maximum Gasteiger partial charge on any atom is 0.310 e. The Morgan fingerprint density at radius 2 is 1.77 bits per heavy atom. The van der Waals surface area contributed by atoms with Crippen molar-refractivity contribution >= 4 is 35.0 Å². The van der Waals surface area contributed by atoms with Gasteiger partial charge in [0.15, 0.2) is 6.73 Å². The Labute approximate surface area is 153 Å². The molecule has 0 bridgehead atoms. The number of nitrogens with one attached hydrogen (secondary N) is 1. The highest BCUT2D eigenvalue weighted by molar-refractivity contribution is 7.10. The molecule has 0 fully saturated rings. The van der Waals surface area contributed by atoms with Crippen LogP contribution in [-0.4, -0.2) is 35.3 Å². The number of imide groups is 1. The normalized spacial score (nSPS) is 14.1.